The summed E-state index contributed by atoms with van der Waals surface area (Å²) in [5.41, 5.74) is 0.340. The second kappa shape index (κ2) is 6.83. The van der Waals surface area contributed by atoms with E-state index >= 15 is 0 Å². The Labute approximate surface area is 114 Å². The van der Waals surface area contributed by atoms with Crippen LogP contribution in [0.3, 0.4) is 0 Å². The Balaban J connectivity index is 2.66. The van der Waals surface area contributed by atoms with Crippen LogP contribution in [0.4, 0.5) is 11.6 Å². The van der Waals surface area contributed by atoms with Crippen molar-refractivity contribution in [2.45, 2.75) is 39.3 Å². The molecule has 2 N–H and O–H groups in total. The van der Waals surface area contributed by atoms with E-state index in [1.54, 1.807) is 11.8 Å². The highest BCUT2D eigenvalue weighted by molar-refractivity contribution is 7.98. The van der Waals surface area contributed by atoms with Gasteiger partial charge < -0.3 is 10.6 Å². The molecule has 0 atom stereocenters. The topological polar surface area (TPSA) is 49.8 Å². The van der Waals surface area contributed by atoms with Crippen molar-refractivity contribution in [1.82, 2.24) is 9.97 Å². The largest absolute Gasteiger partial charge is 0.370 e. The molecule has 1 aromatic heterocycles. The second-order valence-electron chi connectivity index (χ2n) is 5.39. The number of thioether (sulfide) groups is 1. The number of aromatic nitrogens is 2. The van der Waals surface area contributed by atoms with E-state index in [0.717, 1.165) is 36.3 Å². The molecule has 0 unspecified atom stereocenters. The lowest BCUT2D eigenvalue weighted by Crippen LogP contribution is -2.14. The molecule has 0 aliphatic rings. The monoisotopic (exact) mass is 268 g/mol. The van der Waals surface area contributed by atoms with Crippen molar-refractivity contribution in [3.63, 3.8) is 0 Å². The summed E-state index contributed by atoms with van der Waals surface area (Å²) in [5.74, 6) is 1.78. The van der Waals surface area contributed by atoms with Gasteiger partial charge in [-0.2, -0.15) is 0 Å². The van der Waals surface area contributed by atoms with Crippen molar-refractivity contribution in [3.8, 4) is 0 Å². The van der Waals surface area contributed by atoms with Crippen LogP contribution in [0.15, 0.2) is 11.2 Å². The molecule has 5 heteroatoms. The van der Waals surface area contributed by atoms with E-state index in [1.165, 1.54) is 0 Å². The Morgan fingerprint density at radius 3 is 2.28 bits per heavy atom. The van der Waals surface area contributed by atoms with Crippen molar-refractivity contribution in [2.75, 3.05) is 30.0 Å². The van der Waals surface area contributed by atoms with Gasteiger partial charge in [-0.1, -0.05) is 32.5 Å². The lowest BCUT2D eigenvalue weighted by molar-refractivity contribution is 0.389. The van der Waals surface area contributed by atoms with Crippen molar-refractivity contribution in [1.29, 1.82) is 0 Å². The summed E-state index contributed by atoms with van der Waals surface area (Å²) >= 11 is 1.56. The molecule has 102 valence electrons. The zero-order valence-corrected chi connectivity index (χ0v) is 12.8. The smallest absolute Gasteiger partial charge is 0.191 e. The number of rotatable bonds is 6. The summed E-state index contributed by atoms with van der Waals surface area (Å²) in [4.78, 5) is 8.85. The number of nitrogens with zero attached hydrogens (tertiary/aromatic N) is 2. The third-order valence-electron chi connectivity index (χ3n) is 2.43. The van der Waals surface area contributed by atoms with Crippen LogP contribution in [0.25, 0.3) is 0 Å². The molecule has 0 bridgehead atoms. The van der Waals surface area contributed by atoms with E-state index in [4.69, 9.17) is 0 Å². The third-order valence-corrected chi connectivity index (χ3v) is 2.97. The van der Waals surface area contributed by atoms with Crippen LogP contribution >= 0.6 is 11.8 Å². The normalized spacial score (nSPS) is 11.4. The van der Waals surface area contributed by atoms with Gasteiger partial charge in [-0.3, -0.25) is 0 Å². The molecule has 1 aromatic rings. The highest BCUT2D eigenvalue weighted by atomic mass is 32.2. The summed E-state index contributed by atoms with van der Waals surface area (Å²) < 4.78 is 0. The number of anilines is 2. The van der Waals surface area contributed by atoms with Gasteiger partial charge in [-0.25, -0.2) is 9.97 Å². The molecule has 0 fully saturated rings. The summed E-state index contributed by atoms with van der Waals surface area (Å²) in [6.45, 7) is 10.6. The Bertz CT molecular complexity index is 374. The van der Waals surface area contributed by atoms with Crippen LogP contribution in [-0.4, -0.2) is 29.3 Å². The van der Waals surface area contributed by atoms with E-state index < -0.39 is 0 Å². The third kappa shape index (κ3) is 5.58. The zero-order valence-electron chi connectivity index (χ0n) is 12.0. The maximum Gasteiger partial charge on any atom is 0.191 e. The van der Waals surface area contributed by atoms with Crippen LogP contribution in [0.1, 0.15) is 34.1 Å². The molecule has 0 aromatic carbocycles. The molecule has 0 spiro atoms. The predicted molar refractivity (Wildman–Crippen MR) is 80.5 cm³/mol. The fraction of sp³-hybridized carbons (Fsp3) is 0.692. The average molecular weight is 268 g/mol. The van der Waals surface area contributed by atoms with Gasteiger partial charge in [0.15, 0.2) is 5.16 Å². The predicted octanol–water partition coefficient (Wildman–Crippen LogP) is 3.48. The maximum absolute atomic E-state index is 4.45. The lowest BCUT2D eigenvalue weighted by atomic mass is 9.92. The Morgan fingerprint density at radius 2 is 1.78 bits per heavy atom. The van der Waals surface area contributed by atoms with Gasteiger partial charge in [-0.05, 0) is 25.0 Å². The molecule has 0 aliphatic carbocycles. The van der Waals surface area contributed by atoms with Gasteiger partial charge in [-0.15, -0.1) is 0 Å². The molecule has 0 radical (unpaired) electrons. The first kappa shape index (κ1) is 15.1. The number of nitrogens with one attached hydrogen (secondary N) is 2. The van der Waals surface area contributed by atoms with E-state index in [-0.39, 0.29) is 0 Å². The first-order chi connectivity index (χ1) is 8.44. The molecule has 1 rings (SSSR count). The fourth-order valence-electron chi connectivity index (χ4n) is 1.44. The van der Waals surface area contributed by atoms with Crippen molar-refractivity contribution < 1.29 is 0 Å². The molecule has 0 saturated carbocycles. The van der Waals surface area contributed by atoms with Crippen LogP contribution in [0.5, 0.6) is 0 Å². The highest BCUT2D eigenvalue weighted by Crippen LogP contribution is 2.20. The van der Waals surface area contributed by atoms with E-state index in [2.05, 4.69) is 48.3 Å². The molecular weight excluding hydrogens is 244 g/mol. The Hall–Kier alpha value is -0.970. The quantitative estimate of drug-likeness (QED) is 0.611. The van der Waals surface area contributed by atoms with Gasteiger partial charge in [0.1, 0.15) is 11.6 Å². The standard InChI is InChI=1S/C13H24N4S/c1-6-14-10-9-11(17-12(16-10)18-5)15-8-7-13(2,3)4/h9H,6-8H2,1-5H3,(H2,14,15,16,17). The summed E-state index contributed by atoms with van der Waals surface area (Å²) in [6, 6.07) is 1.96. The molecule has 4 nitrogen and oxygen atoms in total. The van der Waals surface area contributed by atoms with Gasteiger partial charge >= 0.3 is 0 Å². The second-order valence-corrected chi connectivity index (χ2v) is 6.17. The molecule has 0 aliphatic heterocycles. The maximum atomic E-state index is 4.45. The van der Waals surface area contributed by atoms with Crippen LogP contribution in [-0.2, 0) is 0 Å². The van der Waals surface area contributed by atoms with Crippen LogP contribution in [0.2, 0.25) is 0 Å². The highest BCUT2D eigenvalue weighted by Gasteiger charge is 2.10. The average Bonchev–Trinajstić information content (AvgIpc) is 2.27. The molecule has 0 saturated heterocycles. The van der Waals surface area contributed by atoms with Gasteiger partial charge in [0.25, 0.3) is 0 Å². The van der Waals surface area contributed by atoms with E-state index in [1.807, 2.05) is 12.3 Å². The minimum absolute atomic E-state index is 0.340. The van der Waals surface area contributed by atoms with Gasteiger partial charge in [0.05, 0.1) is 0 Å². The van der Waals surface area contributed by atoms with Gasteiger partial charge in [0.2, 0.25) is 0 Å². The van der Waals surface area contributed by atoms with Crippen molar-refractivity contribution in [3.05, 3.63) is 6.07 Å². The Kier molecular flexibility index (Phi) is 5.72. The summed E-state index contributed by atoms with van der Waals surface area (Å²) in [5, 5.41) is 7.39. The minimum Gasteiger partial charge on any atom is -0.370 e. The number of hydrogen-bond donors (Lipinski definition) is 2. The molecule has 0 amide bonds. The van der Waals surface area contributed by atoms with Gasteiger partial charge in [0, 0.05) is 19.2 Å². The number of hydrogen-bond acceptors (Lipinski definition) is 5. The first-order valence-electron chi connectivity index (χ1n) is 6.35. The molecule has 18 heavy (non-hydrogen) atoms. The van der Waals surface area contributed by atoms with E-state index in [0.29, 0.717) is 5.41 Å². The molecule has 1 heterocycles. The Morgan fingerprint density at radius 1 is 1.17 bits per heavy atom. The van der Waals surface area contributed by atoms with Crippen molar-refractivity contribution in [2.24, 2.45) is 5.41 Å². The minimum atomic E-state index is 0.340. The fourth-order valence-corrected chi connectivity index (χ4v) is 1.82. The molecular formula is C13H24N4S. The van der Waals surface area contributed by atoms with E-state index in [9.17, 15) is 0 Å². The van der Waals surface area contributed by atoms with Crippen molar-refractivity contribution >= 4 is 23.4 Å². The lowest BCUT2D eigenvalue weighted by Gasteiger charge is -2.18. The summed E-state index contributed by atoms with van der Waals surface area (Å²) in [7, 11) is 0. The van der Waals surface area contributed by atoms with Crippen LogP contribution < -0.4 is 10.6 Å². The summed E-state index contributed by atoms with van der Waals surface area (Å²) in [6.07, 6.45) is 3.10. The van der Waals surface area contributed by atoms with Crippen LogP contribution in [0, 0.1) is 5.41 Å². The first-order valence-corrected chi connectivity index (χ1v) is 7.58. The zero-order chi connectivity index (χ0) is 13.6. The SMILES string of the molecule is CCNc1cc(NCCC(C)(C)C)nc(SC)n1.